The maximum absolute atomic E-state index is 6.27. The van der Waals surface area contributed by atoms with Crippen LogP contribution in [0.5, 0.6) is 0 Å². The monoisotopic (exact) mass is 268 g/mol. The molecule has 3 atom stereocenters. The summed E-state index contributed by atoms with van der Waals surface area (Å²) in [5.74, 6) is 1.47. The first-order chi connectivity index (χ1) is 8.81. The highest BCUT2D eigenvalue weighted by Crippen LogP contribution is 2.46. The predicted octanol–water partition coefficient (Wildman–Crippen LogP) is 3.90. The number of likely N-dealkylation sites (N-methyl/N-ethyl adjacent to an activating group) is 1. The van der Waals surface area contributed by atoms with Crippen molar-refractivity contribution >= 4 is 0 Å². The Morgan fingerprint density at radius 2 is 1.89 bits per heavy atom. The van der Waals surface area contributed by atoms with Crippen LogP contribution in [-0.4, -0.2) is 30.1 Å². The van der Waals surface area contributed by atoms with E-state index in [1.165, 1.54) is 32.2 Å². The number of rotatable bonds is 6. The molecule has 0 aromatic carbocycles. The van der Waals surface area contributed by atoms with Crippen LogP contribution in [0.25, 0.3) is 0 Å². The fourth-order valence-electron chi connectivity index (χ4n) is 3.96. The lowest BCUT2D eigenvalue weighted by atomic mass is 9.63. The Kier molecular flexibility index (Phi) is 5.88. The summed E-state index contributed by atoms with van der Waals surface area (Å²) in [6.07, 6.45) is 5.14. The van der Waals surface area contributed by atoms with Gasteiger partial charge in [0.1, 0.15) is 0 Å². The quantitative estimate of drug-likeness (QED) is 0.791. The average molecular weight is 268 g/mol. The summed E-state index contributed by atoms with van der Waals surface area (Å²) in [7, 11) is 0. The molecule has 1 aliphatic carbocycles. The van der Waals surface area contributed by atoms with Gasteiger partial charge in [-0.25, -0.2) is 0 Å². The summed E-state index contributed by atoms with van der Waals surface area (Å²) in [6.45, 7) is 17.4. The number of hydrogen-bond acceptors (Lipinski definition) is 2. The number of nitrogens with two attached hydrogens (primary N) is 1. The maximum Gasteiger partial charge on any atom is 0.0357 e. The van der Waals surface area contributed by atoms with Gasteiger partial charge in [0.05, 0.1) is 0 Å². The lowest BCUT2D eigenvalue weighted by Gasteiger charge is -2.54. The fourth-order valence-corrected chi connectivity index (χ4v) is 3.96. The topological polar surface area (TPSA) is 29.3 Å². The van der Waals surface area contributed by atoms with Crippen LogP contribution in [0.4, 0.5) is 0 Å². The molecular formula is C17H36N2. The minimum Gasteiger partial charge on any atom is -0.329 e. The first-order valence-corrected chi connectivity index (χ1v) is 8.26. The maximum atomic E-state index is 6.27. The summed E-state index contributed by atoms with van der Waals surface area (Å²) in [4.78, 5) is 2.70. The van der Waals surface area contributed by atoms with E-state index in [2.05, 4.69) is 46.4 Å². The third kappa shape index (κ3) is 3.72. The van der Waals surface area contributed by atoms with E-state index in [1.54, 1.807) is 0 Å². The molecule has 0 radical (unpaired) electrons. The van der Waals surface area contributed by atoms with Crippen molar-refractivity contribution in [2.75, 3.05) is 19.6 Å². The van der Waals surface area contributed by atoms with Crippen molar-refractivity contribution < 1.29 is 0 Å². The normalized spacial score (nSPS) is 32.5. The van der Waals surface area contributed by atoms with Gasteiger partial charge in [0, 0.05) is 18.6 Å². The van der Waals surface area contributed by atoms with Crippen molar-refractivity contribution in [3.8, 4) is 0 Å². The Labute approximate surface area is 121 Å². The molecule has 1 fully saturated rings. The van der Waals surface area contributed by atoms with Crippen molar-refractivity contribution in [2.24, 2.45) is 23.0 Å². The zero-order chi connectivity index (χ0) is 14.7. The Morgan fingerprint density at radius 3 is 2.32 bits per heavy atom. The van der Waals surface area contributed by atoms with Crippen molar-refractivity contribution in [3.63, 3.8) is 0 Å². The van der Waals surface area contributed by atoms with Crippen LogP contribution in [0.3, 0.4) is 0 Å². The first-order valence-electron chi connectivity index (χ1n) is 8.26. The highest BCUT2D eigenvalue weighted by molar-refractivity contribution is 5.02. The molecule has 114 valence electrons. The Bertz CT molecular complexity index is 274. The SMILES string of the molecule is CCC(C)CN(CC)C1(CN)CCC(C)(C)CC1C. The second-order valence-electron chi connectivity index (χ2n) is 7.63. The Hall–Kier alpha value is -0.0800. The molecule has 2 nitrogen and oxygen atoms in total. The van der Waals surface area contributed by atoms with Crippen LogP contribution in [0.1, 0.15) is 67.2 Å². The summed E-state index contributed by atoms with van der Waals surface area (Å²) >= 11 is 0. The second-order valence-corrected chi connectivity index (χ2v) is 7.63. The minimum absolute atomic E-state index is 0.244. The van der Waals surface area contributed by atoms with Crippen molar-refractivity contribution in [1.29, 1.82) is 0 Å². The van der Waals surface area contributed by atoms with Gasteiger partial charge in [0.15, 0.2) is 0 Å². The van der Waals surface area contributed by atoms with Crippen LogP contribution < -0.4 is 5.73 Å². The smallest absolute Gasteiger partial charge is 0.0357 e. The Morgan fingerprint density at radius 1 is 1.26 bits per heavy atom. The molecule has 19 heavy (non-hydrogen) atoms. The van der Waals surface area contributed by atoms with E-state index in [0.29, 0.717) is 11.3 Å². The van der Waals surface area contributed by atoms with Crippen LogP contribution in [-0.2, 0) is 0 Å². The van der Waals surface area contributed by atoms with Gasteiger partial charge >= 0.3 is 0 Å². The van der Waals surface area contributed by atoms with E-state index in [1.807, 2.05) is 0 Å². The molecule has 0 heterocycles. The second kappa shape index (κ2) is 6.58. The molecule has 0 aromatic rings. The number of nitrogens with zero attached hydrogens (tertiary/aromatic N) is 1. The molecule has 1 saturated carbocycles. The van der Waals surface area contributed by atoms with Gasteiger partial charge in [-0.15, -0.1) is 0 Å². The van der Waals surface area contributed by atoms with Gasteiger partial charge < -0.3 is 5.73 Å². The average Bonchev–Trinajstić information content (AvgIpc) is 2.36. The molecule has 3 unspecified atom stereocenters. The van der Waals surface area contributed by atoms with E-state index >= 15 is 0 Å². The van der Waals surface area contributed by atoms with Gasteiger partial charge in [-0.05, 0) is 43.1 Å². The van der Waals surface area contributed by atoms with Gasteiger partial charge in [0.25, 0.3) is 0 Å². The van der Waals surface area contributed by atoms with Crippen LogP contribution in [0.2, 0.25) is 0 Å². The first kappa shape index (κ1) is 17.0. The van der Waals surface area contributed by atoms with E-state index in [-0.39, 0.29) is 5.54 Å². The molecule has 0 bridgehead atoms. The van der Waals surface area contributed by atoms with Gasteiger partial charge in [0.2, 0.25) is 0 Å². The molecule has 2 N–H and O–H groups in total. The minimum atomic E-state index is 0.244. The molecule has 1 rings (SSSR count). The lowest BCUT2D eigenvalue weighted by molar-refractivity contribution is -0.0264. The molecule has 0 saturated heterocycles. The highest BCUT2D eigenvalue weighted by atomic mass is 15.2. The standard InChI is InChI=1S/C17H36N2/c1-7-14(3)12-19(8-2)17(13-18)10-9-16(5,6)11-15(17)4/h14-15H,7-13,18H2,1-6H3. The third-order valence-electron chi connectivity index (χ3n) is 5.60. The molecule has 0 amide bonds. The molecular weight excluding hydrogens is 232 g/mol. The molecule has 0 spiro atoms. The molecule has 2 heteroatoms. The van der Waals surface area contributed by atoms with Crippen LogP contribution >= 0.6 is 0 Å². The largest absolute Gasteiger partial charge is 0.329 e. The molecule has 0 aromatic heterocycles. The lowest BCUT2D eigenvalue weighted by Crippen LogP contribution is -2.61. The van der Waals surface area contributed by atoms with E-state index in [9.17, 15) is 0 Å². The van der Waals surface area contributed by atoms with Gasteiger partial charge in [-0.1, -0.05) is 48.0 Å². The number of hydrogen-bond donors (Lipinski definition) is 1. The summed E-state index contributed by atoms with van der Waals surface area (Å²) in [6, 6.07) is 0. The zero-order valence-corrected chi connectivity index (χ0v) is 14.1. The van der Waals surface area contributed by atoms with Gasteiger partial charge in [-0.3, -0.25) is 4.90 Å². The summed E-state index contributed by atoms with van der Waals surface area (Å²) < 4.78 is 0. The highest BCUT2D eigenvalue weighted by Gasteiger charge is 2.46. The van der Waals surface area contributed by atoms with E-state index in [4.69, 9.17) is 5.73 Å². The van der Waals surface area contributed by atoms with Crippen LogP contribution in [0.15, 0.2) is 0 Å². The van der Waals surface area contributed by atoms with Crippen molar-refractivity contribution in [3.05, 3.63) is 0 Å². The summed E-state index contributed by atoms with van der Waals surface area (Å²) in [5.41, 5.74) is 7.01. The third-order valence-corrected chi connectivity index (χ3v) is 5.60. The summed E-state index contributed by atoms with van der Waals surface area (Å²) in [5, 5.41) is 0. The zero-order valence-electron chi connectivity index (χ0n) is 14.1. The predicted molar refractivity (Wildman–Crippen MR) is 85.3 cm³/mol. The Balaban J connectivity index is 2.89. The fraction of sp³-hybridized carbons (Fsp3) is 1.00. The van der Waals surface area contributed by atoms with Crippen molar-refractivity contribution in [1.82, 2.24) is 4.90 Å². The van der Waals surface area contributed by atoms with Crippen LogP contribution in [0, 0.1) is 17.3 Å². The molecule has 1 aliphatic rings. The van der Waals surface area contributed by atoms with Crippen molar-refractivity contribution in [2.45, 2.75) is 72.8 Å². The van der Waals surface area contributed by atoms with E-state index < -0.39 is 0 Å². The molecule has 0 aliphatic heterocycles. The van der Waals surface area contributed by atoms with E-state index in [0.717, 1.165) is 19.0 Å². The van der Waals surface area contributed by atoms with Gasteiger partial charge in [-0.2, -0.15) is 0 Å².